The third-order valence-electron chi connectivity index (χ3n) is 2.25. The zero-order valence-electron chi connectivity index (χ0n) is 7.79. The van der Waals surface area contributed by atoms with Crippen LogP contribution in [0.25, 0.3) is 0 Å². The van der Waals surface area contributed by atoms with Crippen molar-refractivity contribution < 1.29 is 15.0 Å². The number of H-pyrrole nitrogens is 1. The lowest BCUT2D eigenvalue weighted by atomic mass is 10.3. The predicted octanol–water partition coefficient (Wildman–Crippen LogP) is -2.44. The van der Waals surface area contributed by atoms with E-state index in [9.17, 15) is 15.0 Å². The number of nitrogens with zero attached hydrogens (tertiary/aromatic N) is 3. The van der Waals surface area contributed by atoms with Crippen molar-refractivity contribution in [2.45, 2.75) is 12.2 Å². The van der Waals surface area contributed by atoms with Crippen LogP contribution in [-0.2, 0) is 0 Å². The molecule has 5 N–H and O–H groups in total. The summed E-state index contributed by atoms with van der Waals surface area (Å²) in [6.07, 6.45) is -1.82. The standard InChI is InChI=1S/C7H11N5O3/c8-7-9-5(10-11-7)6(15)12-1-3(13)4(14)2-12/h3-4,13-14H,1-2H2,(H3,8,9,10,11)/t3-,4+. The number of hydrogen-bond donors (Lipinski definition) is 4. The molecule has 1 fully saturated rings. The van der Waals surface area contributed by atoms with Gasteiger partial charge in [0.15, 0.2) is 0 Å². The number of carbonyl (C=O) groups is 1. The van der Waals surface area contributed by atoms with Crippen LogP contribution in [0.4, 0.5) is 5.95 Å². The van der Waals surface area contributed by atoms with Crippen LogP contribution < -0.4 is 5.73 Å². The topological polar surface area (TPSA) is 128 Å². The normalized spacial score (nSPS) is 25.9. The lowest BCUT2D eigenvalue weighted by Gasteiger charge is -2.12. The van der Waals surface area contributed by atoms with Gasteiger partial charge >= 0.3 is 0 Å². The minimum atomic E-state index is -0.908. The molecule has 15 heavy (non-hydrogen) atoms. The number of aromatic amines is 1. The lowest BCUT2D eigenvalue weighted by molar-refractivity contribution is 0.0572. The second-order valence-corrected chi connectivity index (χ2v) is 3.39. The maximum absolute atomic E-state index is 11.7. The molecule has 2 heterocycles. The highest BCUT2D eigenvalue weighted by Gasteiger charge is 2.34. The van der Waals surface area contributed by atoms with Gasteiger partial charge in [-0.3, -0.25) is 9.89 Å². The van der Waals surface area contributed by atoms with Crippen molar-refractivity contribution in [1.29, 1.82) is 0 Å². The van der Waals surface area contributed by atoms with Gasteiger partial charge < -0.3 is 20.8 Å². The number of amides is 1. The van der Waals surface area contributed by atoms with E-state index in [2.05, 4.69) is 15.2 Å². The van der Waals surface area contributed by atoms with Crippen LogP contribution in [0, 0.1) is 0 Å². The van der Waals surface area contributed by atoms with E-state index in [1.807, 2.05) is 0 Å². The van der Waals surface area contributed by atoms with Gasteiger partial charge in [-0.25, -0.2) is 0 Å². The fraction of sp³-hybridized carbons (Fsp3) is 0.571. The van der Waals surface area contributed by atoms with E-state index in [-0.39, 0.29) is 24.9 Å². The molecular formula is C7H11N5O3. The first-order valence-corrected chi connectivity index (χ1v) is 4.41. The minimum absolute atomic E-state index is 0.00815. The van der Waals surface area contributed by atoms with Crippen LogP contribution in [0.3, 0.4) is 0 Å². The molecule has 2 rings (SSSR count). The van der Waals surface area contributed by atoms with Crippen LogP contribution in [0.5, 0.6) is 0 Å². The van der Waals surface area contributed by atoms with E-state index in [4.69, 9.17) is 5.73 Å². The number of nitrogen functional groups attached to an aromatic ring is 1. The fourth-order valence-corrected chi connectivity index (χ4v) is 1.46. The summed E-state index contributed by atoms with van der Waals surface area (Å²) in [7, 11) is 0. The van der Waals surface area contributed by atoms with Crippen molar-refractivity contribution in [2.75, 3.05) is 18.8 Å². The van der Waals surface area contributed by atoms with Gasteiger partial charge in [0.1, 0.15) is 0 Å². The average molecular weight is 213 g/mol. The summed E-state index contributed by atoms with van der Waals surface area (Å²) < 4.78 is 0. The molecule has 8 nitrogen and oxygen atoms in total. The number of carbonyl (C=O) groups excluding carboxylic acids is 1. The first-order valence-electron chi connectivity index (χ1n) is 4.41. The molecule has 8 heteroatoms. The molecule has 0 unspecified atom stereocenters. The van der Waals surface area contributed by atoms with Crippen molar-refractivity contribution in [3.63, 3.8) is 0 Å². The Balaban J connectivity index is 2.10. The highest BCUT2D eigenvalue weighted by Crippen LogP contribution is 2.12. The summed E-state index contributed by atoms with van der Waals surface area (Å²) in [6, 6.07) is 0. The number of aliphatic hydroxyl groups excluding tert-OH is 2. The van der Waals surface area contributed by atoms with Gasteiger partial charge in [-0.1, -0.05) is 0 Å². The second kappa shape index (κ2) is 3.48. The van der Waals surface area contributed by atoms with E-state index in [0.717, 1.165) is 0 Å². The first-order chi connectivity index (χ1) is 7.08. The SMILES string of the molecule is Nc1n[nH]c(C(=O)N2C[C@@H](O)[C@@H](O)C2)n1. The van der Waals surface area contributed by atoms with Crippen molar-refractivity contribution in [3.8, 4) is 0 Å². The van der Waals surface area contributed by atoms with E-state index >= 15 is 0 Å². The third kappa shape index (κ3) is 1.76. The van der Waals surface area contributed by atoms with Crippen molar-refractivity contribution in [3.05, 3.63) is 5.82 Å². The maximum atomic E-state index is 11.7. The van der Waals surface area contributed by atoms with Crippen molar-refractivity contribution in [2.24, 2.45) is 0 Å². The Bertz CT molecular complexity index is 368. The molecule has 0 aliphatic carbocycles. The number of rotatable bonds is 1. The summed E-state index contributed by atoms with van der Waals surface area (Å²) in [5, 5.41) is 24.4. The molecule has 0 spiro atoms. The van der Waals surface area contributed by atoms with Gasteiger partial charge in [0.2, 0.25) is 11.8 Å². The smallest absolute Gasteiger partial charge is 0.291 e. The zero-order valence-corrected chi connectivity index (χ0v) is 7.79. The first kappa shape index (κ1) is 9.87. The zero-order chi connectivity index (χ0) is 11.0. The monoisotopic (exact) mass is 213 g/mol. The van der Waals surface area contributed by atoms with Gasteiger partial charge in [-0.15, -0.1) is 5.10 Å². The fourth-order valence-electron chi connectivity index (χ4n) is 1.46. The quantitative estimate of drug-likeness (QED) is 0.410. The molecule has 2 atom stereocenters. The molecule has 82 valence electrons. The van der Waals surface area contributed by atoms with Crippen molar-refractivity contribution in [1.82, 2.24) is 20.1 Å². The number of β-amino-alcohol motifs (C(OH)–C–C–N with tert-alkyl or cyclic N) is 2. The molecule has 0 saturated carbocycles. The van der Waals surface area contributed by atoms with E-state index in [0.29, 0.717) is 0 Å². The maximum Gasteiger partial charge on any atom is 0.291 e. The number of likely N-dealkylation sites (tertiary alicyclic amines) is 1. The summed E-state index contributed by atoms with van der Waals surface area (Å²) >= 11 is 0. The highest BCUT2D eigenvalue weighted by atomic mass is 16.3. The number of hydrogen-bond acceptors (Lipinski definition) is 6. The third-order valence-corrected chi connectivity index (χ3v) is 2.25. The molecular weight excluding hydrogens is 202 g/mol. The van der Waals surface area contributed by atoms with E-state index < -0.39 is 18.1 Å². The predicted molar refractivity (Wildman–Crippen MR) is 48.7 cm³/mol. The van der Waals surface area contributed by atoms with Gasteiger partial charge in [0.25, 0.3) is 5.91 Å². The average Bonchev–Trinajstić information content (AvgIpc) is 2.74. The van der Waals surface area contributed by atoms with E-state index in [1.54, 1.807) is 0 Å². The van der Waals surface area contributed by atoms with Crippen LogP contribution in [0.2, 0.25) is 0 Å². The molecule has 1 amide bonds. The number of nitrogens with one attached hydrogen (secondary N) is 1. The van der Waals surface area contributed by atoms with Gasteiger partial charge in [-0.2, -0.15) is 4.98 Å². The molecule has 1 aromatic rings. The summed E-state index contributed by atoms with van der Waals surface area (Å²) in [5.74, 6) is -0.442. The van der Waals surface area contributed by atoms with Crippen LogP contribution >= 0.6 is 0 Å². The van der Waals surface area contributed by atoms with Crippen LogP contribution in [0.1, 0.15) is 10.6 Å². The Labute approximate surface area is 84.7 Å². The summed E-state index contributed by atoms with van der Waals surface area (Å²) in [4.78, 5) is 16.6. The lowest BCUT2D eigenvalue weighted by Crippen LogP contribution is -2.30. The van der Waals surface area contributed by atoms with Crippen LogP contribution in [0.15, 0.2) is 0 Å². The number of aliphatic hydroxyl groups is 2. The molecule has 0 aromatic carbocycles. The van der Waals surface area contributed by atoms with E-state index in [1.165, 1.54) is 4.90 Å². The molecule has 1 saturated heterocycles. The molecule has 0 bridgehead atoms. The summed E-state index contributed by atoms with van der Waals surface area (Å²) in [6.45, 7) is 0.168. The molecule has 1 aromatic heterocycles. The van der Waals surface area contributed by atoms with Gasteiger partial charge in [0, 0.05) is 13.1 Å². The Kier molecular flexibility index (Phi) is 2.29. The molecule has 0 radical (unpaired) electrons. The van der Waals surface area contributed by atoms with Crippen molar-refractivity contribution >= 4 is 11.9 Å². The number of anilines is 1. The Morgan fingerprint density at radius 3 is 2.53 bits per heavy atom. The largest absolute Gasteiger partial charge is 0.388 e. The second-order valence-electron chi connectivity index (χ2n) is 3.39. The minimum Gasteiger partial charge on any atom is -0.388 e. The van der Waals surface area contributed by atoms with Gasteiger partial charge in [-0.05, 0) is 0 Å². The Morgan fingerprint density at radius 2 is 2.07 bits per heavy atom. The Morgan fingerprint density at radius 1 is 1.47 bits per heavy atom. The number of aromatic nitrogens is 3. The summed E-state index contributed by atoms with van der Waals surface area (Å²) in [5.41, 5.74) is 5.25. The highest BCUT2D eigenvalue weighted by molar-refractivity contribution is 5.90. The Hall–Kier alpha value is -1.67. The molecule has 1 aliphatic rings. The van der Waals surface area contributed by atoms with Gasteiger partial charge in [0.05, 0.1) is 12.2 Å². The number of nitrogens with two attached hydrogens (primary N) is 1. The molecule has 1 aliphatic heterocycles. The van der Waals surface area contributed by atoms with Crippen LogP contribution in [-0.4, -0.2) is 61.5 Å².